The van der Waals surface area contributed by atoms with E-state index in [1.54, 1.807) is 7.05 Å². The van der Waals surface area contributed by atoms with Crippen molar-refractivity contribution in [3.05, 3.63) is 12.4 Å². The van der Waals surface area contributed by atoms with Gasteiger partial charge in [-0.3, -0.25) is 4.68 Å². The smallest absolute Gasteiger partial charge is 0.243 e. The molecule has 0 fully saturated rings. The van der Waals surface area contributed by atoms with Gasteiger partial charge in [0, 0.05) is 25.1 Å². The second-order valence-electron chi connectivity index (χ2n) is 4.33. The topological polar surface area (TPSA) is 64.0 Å². The van der Waals surface area contributed by atoms with Gasteiger partial charge in [0.15, 0.2) is 0 Å². The van der Waals surface area contributed by atoms with Crippen molar-refractivity contribution in [2.45, 2.75) is 31.1 Å². The van der Waals surface area contributed by atoms with Crippen LogP contribution in [0.15, 0.2) is 17.3 Å². The molecule has 18 heavy (non-hydrogen) atoms. The summed E-state index contributed by atoms with van der Waals surface area (Å²) in [6, 6.07) is 0. The number of hydrogen-bond acceptors (Lipinski definition) is 3. The highest BCUT2D eigenvalue weighted by molar-refractivity contribution is 9.09. The van der Waals surface area contributed by atoms with E-state index in [0.29, 0.717) is 12.5 Å². The minimum Gasteiger partial charge on any atom is -0.274 e. The maximum absolute atomic E-state index is 12.0. The molecule has 0 bridgehead atoms. The summed E-state index contributed by atoms with van der Waals surface area (Å²) in [6.07, 6.45) is 5.93. The maximum Gasteiger partial charge on any atom is 0.243 e. The molecule has 0 aliphatic heterocycles. The Morgan fingerprint density at radius 3 is 2.72 bits per heavy atom. The quantitative estimate of drug-likeness (QED) is 0.737. The van der Waals surface area contributed by atoms with Gasteiger partial charge in [0.05, 0.1) is 6.20 Å². The van der Waals surface area contributed by atoms with Crippen LogP contribution in [-0.2, 0) is 17.1 Å². The first-order valence-corrected chi connectivity index (χ1v) is 8.64. The van der Waals surface area contributed by atoms with E-state index in [1.807, 2.05) is 0 Å². The average Bonchev–Trinajstić information content (AvgIpc) is 2.74. The molecule has 0 amide bonds. The zero-order chi connectivity index (χ0) is 13.6. The van der Waals surface area contributed by atoms with Crippen molar-refractivity contribution in [2.75, 3.05) is 11.9 Å². The van der Waals surface area contributed by atoms with Gasteiger partial charge in [-0.15, -0.1) is 0 Å². The molecule has 1 rings (SSSR count). The van der Waals surface area contributed by atoms with Crippen LogP contribution in [0.1, 0.15) is 26.2 Å². The Hall–Kier alpha value is -0.400. The molecule has 1 unspecified atom stereocenters. The van der Waals surface area contributed by atoms with Crippen molar-refractivity contribution in [2.24, 2.45) is 13.0 Å². The average molecular weight is 338 g/mol. The molecule has 7 heteroatoms. The Morgan fingerprint density at radius 2 is 2.22 bits per heavy atom. The number of nitrogens with zero attached hydrogens (tertiary/aromatic N) is 2. The molecule has 0 spiro atoms. The number of aryl methyl sites for hydroxylation is 1. The van der Waals surface area contributed by atoms with Gasteiger partial charge in [-0.2, -0.15) is 5.10 Å². The number of halogens is 1. The normalized spacial score (nSPS) is 13.7. The summed E-state index contributed by atoms with van der Waals surface area (Å²) in [7, 11) is -1.72. The number of nitrogens with one attached hydrogen (secondary N) is 1. The Morgan fingerprint density at radius 1 is 1.50 bits per heavy atom. The van der Waals surface area contributed by atoms with Crippen LogP contribution in [0.25, 0.3) is 0 Å². The summed E-state index contributed by atoms with van der Waals surface area (Å²) < 4.78 is 28.1. The highest BCUT2D eigenvalue weighted by Gasteiger charge is 2.17. The zero-order valence-electron chi connectivity index (χ0n) is 10.8. The minimum absolute atomic E-state index is 0.221. The highest BCUT2D eigenvalue weighted by atomic mass is 79.9. The minimum atomic E-state index is -3.42. The second kappa shape index (κ2) is 7.25. The molecule has 5 nitrogen and oxygen atoms in total. The molecule has 1 atom stereocenters. The molecule has 1 aromatic heterocycles. The molecule has 0 saturated carbocycles. The van der Waals surface area contributed by atoms with Gasteiger partial charge in [-0.1, -0.05) is 29.3 Å². The number of rotatable bonds is 8. The number of alkyl halides is 1. The van der Waals surface area contributed by atoms with Crippen molar-refractivity contribution in [3.8, 4) is 0 Å². The van der Waals surface area contributed by atoms with Crippen LogP contribution in [0, 0.1) is 5.92 Å². The monoisotopic (exact) mass is 337 g/mol. The third kappa shape index (κ3) is 4.70. The molecule has 0 radical (unpaired) electrons. The number of aromatic nitrogens is 2. The summed E-state index contributed by atoms with van der Waals surface area (Å²) in [5.41, 5.74) is 0. The summed E-state index contributed by atoms with van der Waals surface area (Å²) in [5, 5.41) is 4.77. The van der Waals surface area contributed by atoms with Crippen LogP contribution in [0.5, 0.6) is 0 Å². The largest absolute Gasteiger partial charge is 0.274 e. The van der Waals surface area contributed by atoms with Gasteiger partial charge >= 0.3 is 0 Å². The Balaban J connectivity index is 2.60. The predicted octanol–water partition coefficient (Wildman–Crippen LogP) is 1.90. The van der Waals surface area contributed by atoms with Crippen molar-refractivity contribution in [1.29, 1.82) is 0 Å². The Bertz CT molecular complexity index is 453. The lowest BCUT2D eigenvalue weighted by Crippen LogP contribution is -2.29. The summed E-state index contributed by atoms with van der Waals surface area (Å²) in [5.74, 6) is 0.376. The molecule has 0 aliphatic rings. The molecule has 104 valence electrons. The fourth-order valence-corrected chi connectivity index (χ4v) is 3.51. The molecular weight excluding hydrogens is 318 g/mol. The maximum atomic E-state index is 12.0. The van der Waals surface area contributed by atoms with Gasteiger partial charge in [0.1, 0.15) is 4.90 Å². The van der Waals surface area contributed by atoms with Gasteiger partial charge < -0.3 is 0 Å². The Kier molecular flexibility index (Phi) is 6.31. The van der Waals surface area contributed by atoms with Crippen LogP contribution in [0.2, 0.25) is 0 Å². The lowest BCUT2D eigenvalue weighted by atomic mass is 10.0. The van der Waals surface area contributed by atoms with Gasteiger partial charge in [-0.25, -0.2) is 13.1 Å². The first-order valence-electron chi connectivity index (χ1n) is 6.04. The third-order valence-corrected chi connectivity index (χ3v) is 4.60. The van der Waals surface area contributed by atoms with Crippen molar-refractivity contribution in [1.82, 2.24) is 14.5 Å². The van der Waals surface area contributed by atoms with E-state index in [-0.39, 0.29) is 4.90 Å². The molecule has 0 aliphatic carbocycles. The molecule has 0 aromatic carbocycles. The summed E-state index contributed by atoms with van der Waals surface area (Å²) >= 11 is 3.40. The third-order valence-electron chi connectivity index (χ3n) is 2.77. The predicted molar refractivity (Wildman–Crippen MR) is 75.2 cm³/mol. The lowest BCUT2D eigenvalue weighted by Gasteiger charge is -2.15. The van der Waals surface area contributed by atoms with Crippen LogP contribution in [0.4, 0.5) is 0 Å². The molecule has 1 heterocycles. The van der Waals surface area contributed by atoms with Crippen molar-refractivity contribution >= 4 is 26.0 Å². The zero-order valence-corrected chi connectivity index (χ0v) is 13.2. The van der Waals surface area contributed by atoms with E-state index in [1.165, 1.54) is 17.1 Å². The van der Waals surface area contributed by atoms with Gasteiger partial charge in [0.2, 0.25) is 10.0 Å². The van der Waals surface area contributed by atoms with E-state index >= 15 is 0 Å². The van der Waals surface area contributed by atoms with E-state index < -0.39 is 10.0 Å². The fraction of sp³-hybridized carbons (Fsp3) is 0.727. The van der Waals surface area contributed by atoms with E-state index in [4.69, 9.17) is 0 Å². The lowest BCUT2D eigenvalue weighted by molar-refractivity contribution is 0.459. The van der Waals surface area contributed by atoms with Crippen LogP contribution < -0.4 is 4.72 Å². The van der Waals surface area contributed by atoms with Crippen LogP contribution in [-0.4, -0.2) is 30.1 Å². The fourth-order valence-electron chi connectivity index (χ4n) is 1.76. The first-order chi connectivity index (χ1) is 8.49. The number of sulfonamides is 1. The SMILES string of the molecule is CCCC(CCBr)CNS(=O)(=O)c1cnn(C)c1. The molecule has 0 saturated heterocycles. The van der Waals surface area contributed by atoms with Crippen LogP contribution >= 0.6 is 15.9 Å². The molecule has 1 N–H and O–H groups in total. The van der Waals surface area contributed by atoms with E-state index in [9.17, 15) is 8.42 Å². The molecular formula is C11H20BrN3O2S. The van der Waals surface area contributed by atoms with Crippen LogP contribution in [0.3, 0.4) is 0 Å². The van der Waals surface area contributed by atoms with E-state index in [0.717, 1.165) is 24.6 Å². The standard InChI is InChI=1S/C11H20BrN3O2S/c1-3-4-10(5-6-12)7-14-18(16,17)11-8-13-15(2)9-11/h8-10,14H,3-7H2,1-2H3. The van der Waals surface area contributed by atoms with Crippen molar-refractivity contribution < 1.29 is 8.42 Å². The first kappa shape index (κ1) is 15.7. The summed E-state index contributed by atoms with van der Waals surface area (Å²) in [4.78, 5) is 0.221. The van der Waals surface area contributed by atoms with Gasteiger partial charge in [-0.05, 0) is 18.8 Å². The van der Waals surface area contributed by atoms with Crippen molar-refractivity contribution in [3.63, 3.8) is 0 Å². The highest BCUT2D eigenvalue weighted by Crippen LogP contribution is 2.13. The number of hydrogen-bond donors (Lipinski definition) is 1. The second-order valence-corrected chi connectivity index (χ2v) is 6.89. The van der Waals surface area contributed by atoms with Gasteiger partial charge in [0.25, 0.3) is 0 Å². The molecule has 1 aromatic rings. The summed E-state index contributed by atoms with van der Waals surface area (Å²) in [6.45, 7) is 2.59. The Labute approximate surface area is 117 Å². The van der Waals surface area contributed by atoms with E-state index in [2.05, 4.69) is 32.7 Å².